The Morgan fingerprint density at radius 3 is 2.74 bits per heavy atom. The van der Waals surface area contributed by atoms with Crippen molar-refractivity contribution in [3.63, 3.8) is 0 Å². The molecule has 2 heterocycles. The Labute approximate surface area is 143 Å². The lowest BCUT2D eigenvalue weighted by molar-refractivity contribution is -0.149. The number of carbonyl (C=O) groups is 2. The molecule has 0 spiro atoms. The summed E-state index contributed by atoms with van der Waals surface area (Å²) in [6.07, 6.45) is 0.219. The average molecular weight is 350 g/mol. The van der Waals surface area contributed by atoms with Crippen molar-refractivity contribution in [3.05, 3.63) is 57.2 Å². The van der Waals surface area contributed by atoms with Gasteiger partial charge >= 0.3 is 5.97 Å². The number of nitrogens with zero attached hydrogens (tertiary/aromatic N) is 1. The predicted molar refractivity (Wildman–Crippen MR) is 89.1 cm³/mol. The monoisotopic (exact) mass is 349 g/mol. The van der Waals surface area contributed by atoms with Crippen LogP contribution in [0.25, 0.3) is 0 Å². The Bertz CT molecular complexity index is 701. The zero-order chi connectivity index (χ0) is 16.2. The van der Waals surface area contributed by atoms with E-state index in [-0.39, 0.29) is 30.8 Å². The predicted octanol–water partition coefficient (Wildman–Crippen LogP) is 3.49. The molecule has 1 saturated heterocycles. The molecule has 1 fully saturated rings. The van der Waals surface area contributed by atoms with Crippen molar-refractivity contribution in [1.82, 2.24) is 4.90 Å². The quantitative estimate of drug-likeness (QED) is 0.776. The van der Waals surface area contributed by atoms with Crippen LogP contribution in [0.5, 0.6) is 0 Å². The number of thiophene rings is 1. The van der Waals surface area contributed by atoms with Crippen molar-refractivity contribution in [2.24, 2.45) is 5.92 Å². The number of hydrogen-bond donors (Lipinski definition) is 0. The van der Waals surface area contributed by atoms with E-state index in [1.165, 1.54) is 11.3 Å². The van der Waals surface area contributed by atoms with Gasteiger partial charge in [0, 0.05) is 24.4 Å². The van der Waals surface area contributed by atoms with Gasteiger partial charge in [-0.25, -0.2) is 0 Å². The van der Waals surface area contributed by atoms with Crippen molar-refractivity contribution in [2.75, 3.05) is 6.54 Å². The molecular weight excluding hydrogens is 334 g/mol. The van der Waals surface area contributed by atoms with E-state index >= 15 is 0 Å². The summed E-state index contributed by atoms with van der Waals surface area (Å²) in [6.45, 7) is 1.15. The molecule has 0 N–H and O–H groups in total. The maximum absolute atomic E-state index is 12.1. The second kappa shape index (κ2) is 7.15. The fraction of sp³-hybridized carbons (Fsp3) is 0.294. The highest BCUT2D eigenvalue weighted by molar-refractivity contribution is 7.16. The molecule has 1 aliphatic rings. The molecule has 1 aromatic carbocycles. The van der Waals surface area contributed by atoms with Crippen LogP contribution in [0.4, 0.5) is 0 Å². The summed E-state index contributed by atoms with van der Waals surface area (Å²) in [5.74, 6) is -0.713. The molecule has 3 rings (SSSR count). The first-order chi connectivity index (χ1) is 11.1. The molecule has 1 unspecified atom stereocenters. The number of esters is 1. The summed E-state index contributed by atoms with van der Waals surface area (Å²) in [5.41, 5.74) is 1.06. The minimum atomic E-state index is -0.387. The smallest absolute Gasteiger partial charge is 0.311 e. The SMILES string of the molecule is O=C(OCc1ccc(Cl)s1)C1CC(=O)N(Cc2ccccc2)C1. The molecule has 0 radical (unpaired) electrons. The number of halogens is 1. The second-order valence-electron chi connectivity index (χ2n) is 5.47. The lowest BCUT2D eigenvalue weighted by Crippen LogP contribution is -2.26. The highest BCUT2D eigenvalue weighted by Crippen LogP contribution is 2.24. The first-order valence-corrected chi connectivity index (χ1v) is 8.54. The van der Waals surface area contributed by atoms with Gasteiger partial charge in [0.15, 0.2) is 0 Å². The van der Waals surface area contributed by atoms with E-state index in [4.69, 9.17) is 16.3 Å². The Morgan fingerprint density at radius 1 is 1.26 bits per heavy atom. The lowest BCUT2D eigenvalue weighted by Gasteiger charge is -2.16. The van der Waals surface area contributed by atoms with E-state index in [0.717, 1.165) is 10.4 Å². The standard InChI is InChI=1S/C17H16ClNO3S/c18-15-7-6-14(23-15)11-22-17(21)13-8-16(20)19(10-13)9-12-4-2-1-3-5-12/h1-7,13H,8-11H2. The molecule has 1 atom stereocenters. The zero-order valence-electron chi connectivity index (χ0n) is 12.4. The van der Waals surface area contributed by atoms with Crippen LogP contribution in [-0.2, 0) is 27.5 Å². The fourth-order valence-corrected chi connectivity index (χ4v) is 3.58. The third-order valence-corrected chi connectivity index (χ3v) is 4.95. The lowest BCUT2D eigenvalue weighted by atomic mass is 10.1. The van der Waals surface area contributed by atoms with Gasteiger partial charge in [0.2, 0.25) is 5.91 Å². The van der Waals surface area contributed by atoms with E-state index in [1.54, 1.807) is 11.0 Å². The Balaban J connectivity index is 1.53. The third kappa shape index (κ3) is 4.12. The van der Waals surface area contributed by atoms with Gasteiger partial charge in [0.05, 0.1) is 10.3 Å². The second-order valence-corrected chi connectivity index (χ2v) is 7.27. The summed E-state index contributed by atoms with van der Waals surface area (Å²) >= 11 is 7.23. The zero-order valence-corrected chi connectivity index (χ0v) is 14.0. The van der Waals surface area contributed by atoms with Gasteiger partial charge in [-0.1, -0.05) is 41.9 Å². The molecular formula is C17H16ClNO3S. The van der Waals surface area contributed by atoms with Gasteiger partial charge in [-0.2, -0.15) is 0 Å². The molecule has 0 aliphatic carbocycles. The minimum absolute atomic E-state index is 0.00466. The van der Waals surface area contributed by atoms with Gasteiger partial charge in [0.1, 0.15) is 6.61 Å². The minimum Gasteiger partial charge on any atom is -0.460 e. The van der Waals surface area contributed by atoms with Crippen LogP contribution in [0.1, 0.15) is 16.9 Å². The maximum atomic E-state index is 12.1. The van der Waals surface area contributed by atoms with Crippen LogP contribution in [-0.4, -0.2) is 23.3 Å². The van der Waals surface area contributed by atoms with Gasteiger partial charge in [-0.15, -0.1) is 11.3 Å². The number of rotatable bonds is 5. The fourth-order valence-electron chi connectivity index (χ4n) is 2.58. The summed E-state index contributed by atoms with van der Waals surface area (Å²) in [4.78, 5) is 26.8. The van der Waals surface area contributed by atoms with Crippen molar-refractivity contribution in [1.29, 1.82) is 0 Å². The Kier molecular flexibility index (Phi) is 4.98. The van der Waals surface area contributed by atoms with Crippen LogP contribution >= 0.6 is 22.9 Å². The molecule has 1 aliphatic heterocycles. The van der Waals surface area contributed by atoms with Gasteiger partial charge < -0.3 is 9.64 Å². The van der Waals surface area contributed by atoms with Crippen molar-refractivity contribution in [2.45, 2.75) is 19.6 Å². The first kappa shape index (κ1) is 16.0. The van der Waals surface area contributed by atoms with E-state index in [1.807, 2.05) is 36.4 Å². The Morgan fingerprint density at radius 2 is 2.04 bits per heavy atom. The molecule has 1 amide bonds. The van der Waals surface area contributed by atoms with E-state index in [0.29, 0.717) is 17.4 Å². The number of likely N-dealkylation sites (tertiary alicyclic amines) is 1. The number of ether oxygens (including phenoxy) is 1. The largest absolute Gasteiger partial charge is 0.460 e. The van der Waals surface area contributed by atoms with Gasteiger partial charge in [-0.3, -0.25) is 9.59 Å². The summed E-state index contributed by atoms with van der Waals surface area (Å²) in [6, 6.07) is 13.4. The molecule has 120 valence electrons. The van der Waals surface area contributed by atoms with Crippen molar-refractivity contribution < 1.29 is 14.3 Å². The Hall–Kier alpha value is -1.85. The van der Waals surface area contributed by atoms with E-state index in [9.17, 15) is 9.59 Å². The van der Waals surface area contributed by atoms with Crippen LogP contribution in [0.3, 0.4) is 0 Å². The number of benzene rings is 1. The first-order valence-electron chi connectivity index (χ1n) is 7.34. The molecule has 2 aromatic rings. The molecule has 1 aromatic heterocycles. The molecule has 0 bridgehead atoms. The van der Waals surface area contributed by atoms with Crippen LogP contribution in [0.2, 0.25) is 4.34 Å². The third-order valence-electron chi connectivity index (χ3n) is 3.75. The topological polar surface area (TPSA) is 46.6 Å². The molecule has 23 heavy (non-hydrogen) atoms. The summed E-state index contributed by atoms with van der Waals surface area (Å²) < 4.78 is 5.97. The normalized spacial score (nSPS) is 17.5. The maximum Gasteiger partial charge on any atom is 0.311 e. The van der Waals surface area contributed by atoms with E-state index in [2.05, 4.69) is 0 Å². The molecule has 0 saturated carbocycles. The van der Waals surface area contributed by atoms with Gasteiger partial charge in [0.25, 0.3) is 0 Å². The van der Waals surface area contributed by atoms with Crippen LogP contribution < -0.4 is 0 Å². The molecule has 4 nitrogen and oxygen atoms in total. The molecule has 6 heteroatoms. The summed E-state index contributed by atoms with van der Waals surface area (Å²) in [7, 11) is 0. The highest BCUT2D eigenvalue weighted by atomic mass is 35.5. The average Bonchev–Trinajstić information content (AvgIpc) is 3.12. The van der Waals surface area contributed by atoms with E-state index < -0.39 is 0 Å². The highest BCUT2D eigenvalue weighted by Gasteiger charge is 2.35. The number of carbonyl (C=O) groups excluding carboxylic acids is 2. The van der Waals surface area contributed by atoms with Gasteiger partial charge in [-0.05, 0) is 17.7 Å². The van der Waals surface area contributed by atoms with Crippen molar-refractivity contribution >= 4 is 34.8 Å². The van der Waals surface area contributed by atoms with Crippen molar-refractivity contribution in [3.8, 4) is 0 Å². The van der Waals surface area contributed by atoms with Crippen LogP contribution in [0.15, 0.2) is 42.5 Å². The number of amides is 1. The van der Waals surface area contributed by atoms with Crippen LogP contribution in [0, 0.1) is 5.92 Å². The summed E-state index contributed by atoms with van der Waals surface area (Å²) in [5, 5.41) is 0. The number of hydrogen-bond acceptors (Lipinski definition) is 4.